The number of hydrogen-bond donors (Lipinski definition) is 1. The van der Waals surface area contributed by atoms with Gasteiger partial charge < -0.3 is 10.1 Å². The molecule has 1 unspecified atom stereocenters. The predicted octanol–water partition coefficient (Wildman–Crippen LogP) is 3.83. The molecule has 1 heterocycles. The molecule has 0 saturated heterocycles. The lowest BCUT2D eigenvalue weighted by atomic mass is 10.1. The van der Waals surface area contributed by atoms with Crippen molar-refractivity contribution >= 4 is 29.1 Å². The van der Waals surface area contributed by atoms with Crippen molar-refractivity contribution in [2.24, 2.45) is 0 Å². The number of aromatic nitrogens is 3. The van der Waals surface area contributed by atoms with Gasteiger partial charge in [-0.25, -0.2) is 9.67 Å². The van der Waals surface area contributed by atoms with Gasteiger partial charge in [-0.1, -0.05) is 35.3 Å². The van der Waals surface area contributed by atoms with Crippen molar-refractivity contribution in [2.75, 3.05) is 6.61 Å². The summed E-state index contributed by atoms with van der Waals surface area (Å²) < 4.78 is 7.10. The van der Waals surface area contributed by atoms with Crippen LogP contribution >= 0.6 is 23.2 Å². The van der Waals surface area contributed by atoms with Gasteiger partial charge in [-0.15, -0.1) is 0 Å². The van der Waals surface area contributed by atoms with Gasteiger partial charge in [-0.2, -0.15) is 5.10 Å². The molecule has 6 nitrogen and oxygen atoms in total. The molecule has 0 aliphatic heterocycles. The molecule has 3 rings (SSSR count). The smallest absolute Gasteiger partial charge is 0.258 e. The van der Waals surface area contributed by atoms with Crippen LogP contribution in [0.5, 0.6) is 5.75 Å². The Balaban J connectivity index is 1.56. The second kappa shape index (κ2) is 8.21. The molecule has 0 spiro atoms. The number of carbonyl (C=O) groups is 1. The van der Waals surface area contributed by atoms with E-state index in [0.29, 0.717) is 15.8 Å². The van der Waals surface area contributed by atoms with E-state index in [4.69, 9.17) is 27.9 Å². The number of ether oxygens (including phenoxy) is 1. The van der Waals surface area contributed by atoms with Crippen LogP contribution in [0.15, 0.2) is 55.1 Å². The molecule has 0 radical (unpaired) electrons. The molecule has 26 heavy (non-hydrogen) atoms. The Morgan fingerprint density at radius 2 is 2.00 bits per heavy atom. The van der Waals surface area contributed by atoms with Crippen LogP contribution in [-0.4, -0.2) is 27.3 Å². The first-order valence-corrected chi connectivity index (χ1v) is 8.60. The van der Waals surface area contributed by atoms with E-state index in [1.807, 2.05) is 31.2 Å². The third-order valence-electron chi connectivity index (χ3n) is 3.71. The number of benzene rings is 2. The zero-order valence-corrected chi connectivity index (χ0v) is 15.4. The van der Waals surface area contributed by atoms with Gasteiger partial charge in [0.2, 0.25) is 0 Å². The normalized spacial score (nSPS) is 11.8. The Bertz CT molecular complexity index is 883. The summed E-state index contributed by atoms with van der Waals surface area (Å²) in [4.78, 5) is 16.0. The Morgan fingerprint density at radius 1 is 1.23 bits per heavy atom. The molecule has 1 amide bonds. The first-order valence-electron chi connectivity index (χ1n) is 7.85. The Labute approximate surface area is 160 Å². The fourth-order valence-electron chi connectivity index (χ4n) is 2.35. The van der Waals surface area contributed by atoms with Gasteiger partial charge in [0.1, 0.15) is 18.4 Å². The van der Waals surface area contributed by atoms with Gasteiger partial charge in [0, 0.05) is 11.1 Å². The highest BCUT2D eigenvalue weighted by atomic mass is 35.5. The van der Waals surface area contributed by atoms with E-state index in [-0.39, 0.29) is 18.6 Å². The number of halogens is 2. The number of nitrogens with one attached hydrogen (secondary N) is 1. The second-order valence-corrected chi connectivity index (χ2v) is 6.43. The van der Waals surface area contributed by atoms with Crippen molar-refractivity contribution in [1.29, 1.82) is 0 Å². The molecule has 1 N–H and O–H groups in total. The van der Waals surface area contributed by atoms with E-state index in [1.54, 1.807) is 29.2 Å². The van der Waals surface area contributed by atoms with Crippen molar-refractivity contribution in [1.82, 2.24) is 20.1 Å². The molecule has 8 heteroatoms. The van der Waals surface area contributed by atoms with Crippen LogP contribution in [0, 0.1) is 0 Å². The minimum Gasteiger partial charge on any atom is -0.482 e. The summed E-state index contributed by atoms with van der Waals surface area (Å²) in [5.41, 5.74) is 1.85. The molecule has 0 aliphatic carbocycles. The zero-order chi connectivity index (χ0) is 18.5. The summed E-state index contributed by atoms with van der Waals surface area (Å²) >= 11 is 11.9. The van der Waals surface area contributed by atoms with E-state index in [0.717, 1.165) is 11.3 Å². The summed E-state index contributed by atoms with van der Waals surface area (Å²) in [5.74, 6) is 0.119. The first kappa shape index (κ1) is 18.2. The Morgan fingerprint density at radius 3 is 2.69 bits per heavy atom. The lowest BCUT2D eigenvalue weighted by molar-refractivity contribution is -0.123. The van der Waals surface area contributed by atoms with Gasteiger partial charge >= 0.3 is 0 Å². The van der Waals surface area contributed by atoms with E-state index in [1.165, 1.54) is 6.33 Å². The van der Waals surface area contributed by atoms with Gasteiger partial charge in [0.25, 0.3) is 5.91 Å². The maximum absolute atomic E-state index is 12.1. The van der Waals surface area contributed by atoms with Crippen molar-refractivity contribution in [3.8, 4) is 11.4 Å². The van der Waals surface area contributed by atoms with Crippen molar-refractivity contribution in [3.63, 3.8) is 0 Å². The van der Waals surface area contributed by atoms with E-state index < -0.39 is 0 Å². The standard InChI is InChI=1S/C18H16Cl2N4O2/c1-12(13-2-5-15(6-3-13)24-11-21-10-22-24)23-18(25)9-26-17-8-14(19)4-7-16(17)20/h2-8,10-12H,9H2,1H3,(H,23,25). The van der Waals surface area contributed by atoms with Crippen molar-refractivity contribution in [2.45, 2.75) is 13.0 Å². The van der Waals surface area contributed by atoms with Crippen LogP contribution in [0.25, 0.3) is 5.69 Å². The molecule has 1 aromatic heterocycles. The van der Waals surface area contributed by atoms with Gasteiger partial charge in [0.05, 0.1) is 16.8 Å². The summed E-state index contributed by atoms with van der Waals surface area (Å²) in [6.45, 7) is 1.75. The number of carbonyl (C=O) groups excluding carboxylic acids is 1. The Kier molecular flexibility index (Phi) is 5.75. The van der Waals surface area contributed by atoms with Crippen LogP contribution in [0.3, 0.4) is 0 Å². The molecule has 2 aromatic carbocycles. The molecule has 0 saturated carbocycles. The van der Waals surface area contributed by atoms with Crippen LogP contribution in [0.2, 0.25) is 10.0 Å². The fourth-order valence-corrected chi connectivity index (χ4v) is 2.69. The summed E-state index contributed by atoms with van der Waals surface area (Å²) in [7, 11) is 0. The molecule has 3 aromatic rings. The zero-order valence-electron chi connectivity index (χ0n) is 13.9. The van der Waals surface area contributed by atoms with E-state index >= 15 is 0 Å². The van der Waals surface area contributed by atoms with Gasteiger partial charge in [-0.3, -0.25) is 4.79 Å². The molecule has 1 atom stereocenters. The third kappa shape index (κ3) is 4.53. The van der Waals surface area contributed by atoms with E-state index in [2.05, 4.69) is 15.4 Å². The van der Waals surface area contributed by atoms with Crippen LogP contribution in [0.1, 0.15) is 18.5 Å². The molecule has 134 valence electrons. The minimum absolute atomic E-state index is 0.151. The highest BCUT2D eigenvalue weighted by molar-refractivity contribution is 6.34. The van der Waals surface area contributed by atoms with Crippen LogP contribution in [-0.2, 0) is 4.79 Å². The molecule has 0 fully saturated rings. The lowest BCUT2D eigenvalue weighted by Gasteiger charge is -2.15. The van der Waals surface area contributed by atoms with Gasteiger partial charge in [-0.05, 0) is 36.8 Å². The van der Waals surface area contributed by atoms with Crippen LogP contribution in [0.4, 0.5) is 0 Å². The average Bonchev–Trinajstić information content (AvgIpc) is 3.17. The number of rotatable bonds is 6. The van der Waals surface area contributed by atoms with Gasteiger partial charge in [0.15, 0.2) is 6.61 Å². The molecular weight excluding hydrogens is 375 g/mol. The fraction of sp³-hybridized carbons (Fsp3) is 0.167. The first-order chi connectivity index (χ1) is 12.5. The maximum atomic E-state index is 12.1. The molecule has 0 aliphatic rings. The summed E-state index contributed by atoms with van der Waals surface area (Å²) in [6.07, 6.45) is 3.10. The van der Waals surface area contributed by atoms with Crippen LogP contribution < -0.4 is 10.1 Å². The van der Waals surface area contributed by atoms with Crippen molar-refractivity contribution < 1.29 is 9.53 Å². The highest BCUT2D eigenvalue weighted by Crippen LogP contribution is 2.27. The second-order valence-electron chi connectivity index (χ2n) is 5.58. The average molecular weight is 391 g/mol. The summed E-state index contributed by atoms with van der Waals surface area (Å²) in [6, 6.07) is 12.4. The van der Waals surface area contributed by atoms with E-state index in [9.17, 15) is 4.79 Å². The number of amides is 1. The topological polar surface area (TPSA) is 69.0 Å². The minimum atomic E-state index is -0.256. The monoisotopic (exact) mass is 390 g/mol. The third-order valence-corrected chi connectivity index (χ3v) is 4.25. The maximum Gasteiger partial charge on any atom is 0.258 e. The predicted molar refractivity (Wildman–Crippen MR) is 99.9 cm³/mol. The summed E-state index contributed by atoms with van der Waals surface area (Å²) in [5, 5.41) is 7.85. The molecule has 0 bridgehead atoms. The highest BCUT2D eigenvalue weighted by Gasteiger charge is 2.12. The number of nitrogens with zero attached hydrogens (tertiary/aromatic N) is 3. The largest absolute Gasteiger partial charge is 0.482 e. The molecular formula is C18H16Cl2N4O2. The number of hydrogen-bond acceptors (Lipinski definition) is 4. The SMILES string of the molecule is CC(NC(=O)COc1cc(Cl)ccc1Cl)c1ccc(-n2cncn2)cc1. The van der Waals surface area contributed by atoms with Crippen molar-refractivity contribution in [3.05, 3.63) is 70.7 Å². The Hall–Kier alpha value is -2.57. The lowest BCUT2D eigenvalue weighted by Crippen LogP contribution is -2.31. The quantitative estimate of drug-likeness (QED) is 0.694.